The molecule has 0 aromatic heterocycles. The summed E-state index contributed by atoms with van der Waals surface area (Å²) in [5, 5.41) is 22.8. The van der Waals surface area contributed by atoms with Crippen LogP contribution in [0.1, 0.15) is 21.5 Å². The minimum atomic E-state index is -5.11. The molecule has 0 amide bonds. The second kappa shape index (κ2) is 10.8. The summed E-state index contributed by atoms with van der Waals surface area (Å²) in [7, 11) is 1.45. The Balaban J connectivity index is 2.11. The number of alkyl halides is 3. The number of benzene rings is 3. The maximum atomic E-state index is 13.2. The largest absolute Gasteiger partial charge is 0.497 e. The zero-order valence-corrected chi connectivity index (χ0v) is 19.9. The number of nitrogens with zero attached hydrogens (tertiary/aromatic N) is 2. The van der Waals surface area contributed by atoms with E-state index in [0.29, 0.717) is 5.75 Å². The predicted molar refractivity (Wildman–Crippen MR) is 128 cm³/mol. The summed E-state index contributed by atoms with van der Waals surface area (Å²) < 4.78 is 50.0. The second-order valence-electron chi connectivity index (χ2n) is 7.19. The molecule has 0 bridgehead atoms. The van der Waals surface area contributed by atoms with Crippen LogP contribution in [0.15, 0.2) is 54.6 Å². The number of carbonyl (C=O) groups is 1. The van der Waals surface area contributed by atoms with Gasteiger partial charge in [-0.2, -0.15) is 13.2 Å². The first kappa shape index (κ1) is 27.4. The van der Waals surface area contributed by atoms with Crippen LogP contribution < -0.4 is 9.47 Å². The van der Waals surface area contributed by atoms with E-state index in [4.69, 9.17) is 32.7 Å². The molecule has 3 rings (SSSR count). The molecule has 0 saturated carbocycles. The van der Waals surface area contributed by atoms with Crippen molar-refractivity contribution >= 4 is 46.4 Å². The van der Waals surface area contributed by atoms with Crippen LogP contribution in [-0.2, 0) is 6.18 Å². The Labute approximate surface area is 215 Å². The molecule has 3 aromatic carbocycles. The molecule has 0 unspecified atom stereocenters. The zero-order valence-electron chi connectivity index (χ0n) is 18.4. The average Bonchev–Trinajstić information content (AvgIpc) is 2.83. The molecule has 14 heteroatoms. The molecule has 9 nitrogen and oxygen atoms in total. The average molecular weight is 557 g/mol. The Morgan fingerprint density at radius 2 is 1.51 bits per heavy atom. The third-order valence-electron chi connectivity index (χ3n) is 4.80. The molecular weight excluding hydrogens is 544 g/mol. The van der Waals surface area contributed by atoms with Gasteiger partial charge in [-0.3, -0.25) is 25.0 Å². The van der Waals surface area contributed by atoms with E-state index in [1.165, 1.54) is 31.4 Å². The van der Waals surface area contributed by atoms with Crippen LogP contribution in [0, 0.1) is 20.2 Å². The number of carbonyl (C=O) groups excluding carboxylic acids is 1. The number of nitro benzene ring substituents is 2. The maximum absolute atomic E-state index is 13.2. The van der Waals surface area contributed by atoms with Gasteiger partial charge in [0.25, 0.3) is 5.75 Å². The third kappa shape index (κ3) is 6.35. The standard InChI is InChI=1S/C23H13Cl2F3N2O7/c1-36-16-5-2-12(3-6-16)20(31)7-4-13-8-15(24)11-17(25)21(13)37-22-18(29(32)33)9-14(23(26,27)28)10-19(22)30(34)35/h2-11H,1H3/b7-4+. The fourth-order valence-electron chi connectivity index (χ4n) is 3.07. The van der Waals surface area contributed by atoms with Gasteiger partial charge in [-0.25, -0.2) is 0 Å². The number of nitro groups is 2. The Bertz CT molecular complexity index is 1390. The highest BCUT2D eigenvalue weighted by atomic mass is 35.5. The summed E-state index contributed by atoms with van der Waals surface area (Å²) in [6.07, 6.45) is -2.84. The van der Waals surface area contributed by atoms with Crippen LogP contribution >= 0.6 is 23.2 Å². The number of hydrogen-bond acceptors (Lipinski definition) is 7. The maximum Gasteiger partial charge on any atom is 0.416 e. The Hall–Kier alpha value is -4.16. The van der Waals surface area contributed by atoms with Crippen LogP contribution in [0.3, 0.4) is 0 Å². The number of ether oxygens (including phenoxy) is 2. The number of methoxy groups -OCH3 is 1. The van der Waals surface area contributed by atoms with E-state index in [9.17, 15) is 38.2 Å². The lowest BCUT2D eigenvalue weighted by molar-refractivity contribution is -0.396. The van der Waals surface area contributed by atoms with Gasteiger partial charge in [0.1, 0.15) is 5.75 Å². The summed E-state index contributed by atoms with van der Waals surface area (Å²) in [6.45, 7) is 0. The van der Waals surface area contributed by atoms with Gasteiger partial charge < -0.3 is 9.47 Å². The van der Waals surface area contributed by atoms with Crippen molar-refractivity contribution in [2.75, 3.05) is 7.11 Å². The normalized spacial score (nSPS) is 11.4. The quantitative estimate of drug-likeness (QED) is 0.121. The molecule has 0 heterocycles. The first-order valence-corrected chi connectivity index (χ1v) is 10.6. The molecule has 0 spiro atoms. The SMILES string of the molecule is COc1ccc(C(=O)/C=C/c2cc(Cl)cc(Cl)c2Oc2c([N+](=O)[O-])cc(C(F)(F)F)cc2[N+](=O)[O-])cc1. The van der Waals surface area contributed by atoms with Crippen molar-refractivity contribution in [3.63, 3.8) is 0 Å². The second-order valence-corrected chi connectivity index (χ2v) is 8.03. The molecule has 37 heavy (non-hydrogen) atoms. The molecule has 0 aliphatic carbocycles. The van der Waals surface area contributed by atoms with Crippen molar-refractivity contribution in [3.05, 3.63) is 102 Å². The van der Waals surface area contributed by atoms with E-state index in [1.54, 1.807) is 12.1 Å². The van der Waals surface area contributed by atoms with Crippen molar-refractivity contribution in [2.45, 2.75) is 6.18 Å². The highest BCUT2D eigenvalue weighted by molar-refractivity contribution is 6.36. The molecular formula is C23H13Cl2F3N2O7. The van der Waals surface area contributed by atoms with Crippen molar-refractivity contribution in [1.82, 2.24) is 0 Å². The van der Waals surface area contributed by atoms with Gasteiger partial charge in [0.2, 0.25) is 0 Å². The molecule has 0 aliphatic rings. The molecule has 3 aromatic rings. The van der Waals surface area contributed by atoms with Gasteiger partial charge in [0, 0.05) is 28.3 Å². The van der Waals surface area contributed by atoms with E-state index in [1.807, 2.05) is 0 Å². The minimum absolute atomic E-state index is 0.0390. The van der Waals surface area contributed by atoms with Crippen molar-refractivity contribution in [3.8, 4) is 17.2 Å². The summed E-state index contributed by atoms with van der Waals surface area (Å²) in [5.74, 6) is -1.49. The Morgan fingerprint density at radius 3 is 2.00 bits per heavy atom. The summed E-state index contributed by atoms with van der Waals surface area (Å²) in [5.41, 5.74) is -4.04. The third-order valence-corrected chi connectivity index (χ3v) is 5.30. The Morgan fingerprint density at radius 1 is 0.946 bits per heavy atom. The summed E-state index contributed by atoms with van der Waals surface area (Å²) >= 11 is 12.2. The fraction of sp³-hybridized carbons (Fsp3) is 0.0870. The highest BCUT2D eigenvalue weighted by Crippen LogP contribution is 2.47. The molecule has 0 saturated heterocycles. The van der Waals surface area contributed by atoms with Gasteiger partial charge in [0.15, 0.2) is 11.5 Å². The van der Waals surface area contributed by atoms with Crippen molar-refractivity contribution < 1.29 is 37.3 Å². The molecule has 0 atom stereocenters. The van der Waals surface area contributed by atoms with E-state index < -0.39 is 50.2 Å². The van der Waals surface area contributed by atoms with Crippen LogP contribution in [0.5, 0.6) is 17.2 Å². The molecule has 192 valence electrons. The number of halogens is 5. The molecule has 0 radical (unpaired) electrons. The van der Waals surface area contributed by atoms with Gasteiger partial charge in [-0.1, -0.05) is 23.2 Å². The lowest BCUT2D eigenvalue weighted by atomic mass is 10.1. The minimum Gasteiger partial charge on any atom is -0.497 e. The summed E-state index contributed by atoms with van der Waals surface area (Å²) in [4.78, 5) is 33.1. The predicted octanol–water partition coefficient (Wildman–Crippen LogP) is 7.53. The van der Waals surface area contributed by atoms with Crippen LogP contribution in [0.25, 0.3) is 6.08 Å². The fourth-order valence-corrected chi connectivity index (χ4v) is 3.62. The summed E-state index contributed by atoms with van der Waals surface area (Å²) in [6, 6.07) is 8.67. The van der Waals surface area contributed by atoms with Gasteiger partial charge in [-0.15, -0.1) is 0 Å². The number of rotatable bonds is 8. The van der Waals surface area contributed by atoms with E-state index in [0.717, 1.165) is 12.1 Å². The zero-order chi connectivity index (χ0) is 27.5. The van der Waals surface area contributed by atoms with E-state index in [2.05, 4.69) is 0 Å². The number of allylic oxidation sites excluding steroid dienone is 1. The van der Waals surface area contributed by atoms with Gasteiger partial charge in [0.05, 0.1) is 27.5 Å². The highest BCUT2D eigenvalue weighted by Gasteiger charge is 2.39. The first-order valence-electron chi connectivity index (χ1n) is 9.89. The van der Waals surface area contributed by atoms with E-state index >= 15 is 0 Å². The van der Waals surface area contributed by atoms with E-state index in [-0.39, 0.29) is 33.3 Å². The molecule has 0 N–H and O–H groups in total. The van der Waals surface area contributed by atoms with Gasteiger partial charge in [-0.05, 0) is 48.6 Å². The smallest absolute Gasteiger partial charge is 0.416 e. The lowest BCUT2D eigenvalue weighted by Gasteiger charge is -2.13. The van der Waals surface area contributed by atoms with Crippen LogP contribution in [0.4, 0.5) is 24.5 Å². The number of ketones is 1. The monoisotopic (exact) mass is 556 g/mol. The van der Waals surface area contributed by atoms with Crippen molar-refractivity contribution in [2.24, 2.45) is 0 Å². The topological polar surface area (TPSA) is 122 Å². The van der Waals surface area contributed by atoms with Crippen LogP contribution in [-0.4, -0.2) is 22.7 Å². The Kier molecular flexibility index (Phi) is 8.04. The molecule has 0 aliphatic heterocycles. The molecule has 0 fully saturated rings. The van der Waals surface area contributed by atoms with Crippen molar-refractivity contribution in [1.29, 1.82) is 0 Å². The number of hydrogen-bond donors (Lipinski definition) is 0. The van der Waals surface area contributed by atoms with Gasteiger partial charge >= 0.3 is 17.6 Å². The first-order chi connectivity index (χ1) is 17.3. The lowest BCUT2D eigenvalue weighted by Crippen LogP contribution is -2.08. The van der Waals surface area contributed by atoms with Crippen LogP contribution in [0.2, 0.25) is 10.0 Å².